The Kier molecular flexibility index (Phi) is 4.53. The molecule has 0 fully saturated rings. The Balaban J connectivity index is 1.92. The standard InChI is InChI=1S/C19H21N3O/c1-14(2)18(23)11-15-7-3-4-8-17(15)16-12-21-22(13-16)19-9-5-6-10-20-19/h3-10,12-14,18,23H,11H2,1-2H3. The summed E-state index contributed by atoms with van der Waals surface area (Å²) in [6, 6.07) is 13.9. The number of hydrogen-bond acceptors (Lipinski definition) is 3. The SMILES string of the molecule is CC(C)C(O)Cc1ccccc1-c1cnn(-c2ccccn2)c1. The second-order valence-corrected chi connectivity index (χ2v) is 6.03. The van der Waals surface area contributed by atoms with Gasteiger partial charge in [0.05, 0.1) is 12.3 Å². The number of aromatic nitrogens is 3. The zero-order valence-electron chi connectivity index (χ0n) is 13.4. The normalized spacial score (nSPS) is 12.5. The van der Waals surface area contributed by atoms with Crippen LogP contribution in [0.15, 0.2) is 61.1 Å². The zero-order valence-corrected chi connectivity index (χ0v) is 13.4. The molecule has 0 spiro atoms. The quantitative estimate of drug-likeness (QED) is 0.785. The molecular weight excluding hydrogens is 286 g/mol. The third-order valence-electron chi connectivity index (χ3n) is 3.99. The summed E-state index contributed by atoms with van der Waals surface area (Å²) in [7, 11) is 0. The first kappa shape index (κ1) is 15.4. The van der Waals surface area contributed by atoms with E-state index in [-0.39, 0.29) is 12.0 Å². The van der Waals surface area contributed by atoms with Gasteiger partial charge in [-0.3, -0.25) is 0 Å². The molecule has 0 aliphatic heterocycles. The molecule has 1 aromatic carbocycles. The van der Waals surface area contributed by atoms with Crippen molar-refractivity contribution in [1.82, 2.24) is 14.8 Å². The van der Waals surface area contributed by atoms with Crippen LogP contribution < -0.4 is 0 Å². The van der Waals surface area contributed by atoms with E-state index in [4.69, 9.17) is 0 Å². The Morgan fingerprint density at radius 2 is 1.87 bits per heavy atom. The van der Waals surface area contributed by atoms with E-state index >= 15 is 0 Å². The van der Waals surface area contributed by atoms with Crippen molar-refractivity contribution in [3.8, 4) is 16.9 Å². The molecule has 0 saturated carbocycles. The van der Waals surface area contributed by atoms with Crippen LogP contribution in [-0.2, 0) is 6.42 Å². The highest BCUT2D eigenvalue weighted by atomic mass is 16.3. The molecule has 118 valence electrons. The van der Waals surface area contributed by atoms with Crippen molar-refractivity contribution >= 4 is 0 Å². The van der Waals surface area contributed by atoms with Crippen molar-refractivity contribution in [2.45, 2.75) is 26.4 Å². The molecule has 0 saturated heterocycles. The molecule has 0 bridgehead atoms. The minimum Gasteiger partial charge on any atom is -0.393 e. The van der Waals surface area contributed by atoms with Gasteiger partial charge in [-0.1, -0.05) is 44.2 Å². The summed E-state index contributed by atoms with van der Waals surface area (Å²) in [5, 5.41) is 14.6. The second kappa shape index (κ2) is 6.75. The summed E-state index contributed by atoms with van der Waals surface area (Å²) in [6.45, 7) is 4.07. The first-order valence-corrected chi connectivity index (χ1v) is 7.87. The Labute approximate surface area is 136 Å². The maximum atomic E-state index is 10.2. The van der Waals surface area contributed by atoms with Crippen LogP contribution in [0.1, 0.15) is 19.4 Å². The lowest BCUT2D eigenvalue weighted by Gasteiger charge is -2.16. The van der Waals surface area contributed by atoms with E-state index in [2.05, 4.69) is 22.2 Å². The van der Waals surface area contributed by atoms with Gasteiger partial charge in [-0.05, 0) is 35.6 Å². The van der Waals surface area contributed by atoms with E-state index in [1.54, 1.807) is 10.9 Å². The van der Waals surface area contributed by atoms with Gasteiger partial charge >= 0.3 is 0 Å². The van der Waals surface area contributed by atoms with Crippen molar-refractivity contribution in [2.24, 2.45) is 5.92 Å². The molecule has 1 atom stereocenters. The van der Waals surface area contributed by atoms with Gasteiger partial charge in [0.1, 0.15) is 0 Å². The van der Waals surface area contributed by atoms with Crippen LogP contribution >= 0.6 is 0 Å². The maximum Gasteiger partial charge on any atom is 0.153 e. The van der Waals surface area contributed by atoms with Crippen LogP contribution in [0.3, 0.4) is 0 Å². The molecule has 0 amide bonds. The molecule has 4 nitrogen and oxygen atoms in total. The first-order valence-electron chi connectivity index (χ1n) is 7.87. The van der Waals surface area contributed by atoms with Crippen LogP contribution in [-0.4, -0.2) is 26.0 Å². The summed E-state index contributed by atoms with van der Waals surface area (Å²) < 4.78 is 1.77. The molecule has 3 rings (SSSR count). The van der Waals surface area contributed by atoms with Gasteiger partial charge in [0, 0.05) is 18.0 Å². The van der Waals surface area contributed by atoms with Gasteiger partial charge < -0.3 is 5.11 Å². The Morgan fingerprint density at radius 3 is 2.61 bits per heavy atom. The van der Waals surface area contributed by atoms with Gasteiger partial charge in [-0.25, -0.2) is 9.67 Å². The Bertz CT molecular complexity index is 765. The predicted molar refractivity (Wildman–Crippen MR) is 91.3 cm³/mol. The number of nitrogens with zero attached hydrogens (tertiary/aromatic N) is 3. The summed E-state index contributed by atoms with van der Waals surface area (Å²) in [5.74, 6) is 1.03. The fraction of sp³-hybridized carbons (Fsp3) is 0.263. The number of aliphatic hydroxyl groups is 1. The summed E-state index contributed by atoms with van der Waals surface area (Å²) in [5.41, 5.74) is 3.27. The molecule has 0 aliphatic carbocycles. The van der Waals surface area contributed by atoms with Crippen LogP contribution in [0.25, 0.3) is 16.9 Å². The summed E-state index contributed by atoms with van der Waals surface area (Å²) in [4.78, 5) is 4.31. The minimum atomic E-state index is -0.345. The fourth-order valence-electron chi connectivity index (χ4n) is 2.52. The summed E-state index contributed by atoms with van der Waals surface area (Å²) in [6.07, 6.45) is 5.87. The Morgan fingerprint density at radius 1 is 1.09 bits per heavy atom. The van der Waals surface area contributed by atoms with Crippen LogP contribution in [0.4, 0.5) is 0 Å². The number of pyridine rings is 1. The van der Waals surface area contributed by atoms with Gasteiger partial charge in [0.2, 0.25) is 0 Å². The first-order chi connectivity index (χ1) is 11.1. The lowest BCUT2D eigenvalue weighted by atomic mass is 9.94. The highest BCUT2D eigenvalue weighted by Gasteiger charge is 2.14. The lowest BCUT2D eigenvalue weighted by Crippen LogP contribution is -2.17. The maximum absolute atomic E-state index is 10.2. The average molecular weight is 307 g/mol. The topological polar surface area (TPSA) is 50.9 Å². The Hall–Kier alpha value is -2.46. The zero-order chi connectivity index (χ0) is 16.2. The van der Waals surface area contributed by atoms with Crippen molar-refractivity contribution in [2.75, 3.05) is 0 Å². The number of hydrogen-bond donors (Lipinski definition) is 1. The molecule has 2 heterocycles. The van der Waals surface area contributed by atoms with Crippen molar-refractivity contribution < 1.29 is 5.11 Å². The van der Waals surface area contributed by atoms with Gasteiger partial charge in [0.25, 0.3) is 0 Å². The van der Waals surface area contributed by atoms with Gasteiger partial charge in [-0.2, -0.15) is 5.10 Å². The van der Waals surface area contributed by atoms with Crippen LogP contribution in [0, 0.1) is 5.92 Å². The number of rotatable bonds is 5. The average Bonchev–Trinajstić information content (AvgIpc) is 3.06. The van der Waals surface area contributed by atoms with E-state index in [1.165, 1.54) is 0 Å². The molecular formula is C19H21N3O. The second-order valence-electron chi connectivity index (χ2n) is 6.03. The molecule has 0 radical (unpaired) electrons. The van der Waals surface area contributed by atoms with E-state index in [0.29, 0.717) is 6.42 Å². The van der Waals surface area contributed by atoms with Gasteiger partial charge in [-0.15, -0.1) is 0 Å². The third-order valence-corrected chi connectivity index (χ3v) is 3.99. The monoisotopic (exact) mass is 307 g/mol. The largest absolute Gasteiger partial charge is 0.393 e. The summed E-state index contributed by atoms with van der Waals surface area (Å²) >= 11 is 0. The van der Waals surface area contributed by atoms with E-state index in [1.807, 2.05) is 56.6 Å². The highest BCUT2D eigenvalue weighted by Crippen LogP contribution is 2.26. The molecule has 1 unspecified atom stereocenters. The van der Waals surface area contributed by atoms with E-state index in [9.17, 15) is 5.11 Å². The smallest absolute Gasteiger partial charge is 0.153 e. The van der Waals surface area contributed by atoms with Crippen LogP contribution in [0.2, 0.25) is 0 Å². The van der Waals surface area contributed by atoms with Gasteiger partial charge in [0.15, 0.2) is 5.82 Å². The third kappa shape index (κ3) is 3.48. The predicted octanol–water partition coefficient (Wildman–Crippen LogP) is 3.49. The van der Waals surface area contributed by atoms with E-state index in [0.717, 1.165) is 22.5 Å². The van der Waals surface area contributed by atoms with Crippen molar-refractivity contribution in [1.29, 1.82) is 0 Å². The molecule has 23 heavy (non-hydrogen) atoms. The van der Waals surface area contributed by atoms with Crippen molar-refractivity contribution in [3.63, 3.8) is 0 Å². The highest BCUT2D eigenvalue weighted by molar-refractivity contribution is 5.66. The molecule has 3 aromatic rings. The number of aliphatic hydroxyl groups excluding tert-OH is 1. The van der Waals surface area contributed by atoms with E-state index < -0.39 is 0 Å². The minimum absolute atomic E-state index is 0.235. The molecule has 4 heteroatoms. The van der Waals surface area contributed by atoms with Crippen LogP contribution in [0.5, 0.6) is 0 Å². The molecule has 1 N–H and O–H groups in total. The molecule has 2 aromatic heterocycles. The number of benzene rings is 1. The van der Waals surface area contributed by atoms with Crippen molar-refractivity contribution in [3.05, 3.63) is 66.6 Å². The molecule has 0 aliphatic rings. The lowest BCUT2D eigenvalue weighted by molar-refractivity contribution is 0.126. The fourth-order valence-corrected chi connectivity index (χ4v) is 2.52.